The van der Waals surface area contributed by atoms with Crippen LogP contribution in [0.2, 0.25) is 0 Å². The van der Waals surface area contributed by atoms with Gasteiger partial charge in [-0.1, -0.05) is 24.2 Å². The van der Waals surface area contributed by atoms with Crippen LogP contribution >= 0.6 is 10.3 Å². The molecule has 10 heavy (non-hydrogen) atoms. The average molecular weight is 164 g/mol. The first-order valence-electron chi connectivity index (χ1n) is 3.45. The summed E-state index contributed by atoms with van der Waals surface area (Å²) in [4.78, 5) is 10.8. The van der Waals surface area contributed by atoms with Gasteiger partial charge in [0.2, 0.25) is 0 Å². The van der Waals surface area contributed by atoms with E-state index in [1.807, 2.05) is 26.4 Å². The zero-order valence-corrected chi connectivity index (χ0v) is 7.96. The van der Waals surface area contributed by atoms with Gasteiger partial charge in [0.15, 0.2) is 0 Å². The maximum atomic E-state index is 10.8. The molecule has 0 bridgehead atoms. The predicted molar refractivity (Wildman–Crippen MR) is 46.4 cm³/mol. The second kappa shape index (κ2) is 3.86. The molecule has 0 saturated carbocycles. The molecule has 0 aromatic carbocycles. The third-order valence-corrected chi connectivity index (χ3v) is 3.33. The minimum absolute atomic E-state index is 0.0816. The number of hydrogen-bond acceptors (Lipinski definition) is 2. The lowest BCUT2D eigenvalue weighted by Crippen LogP contribution is -2.09. The molecule has 0 heterocycles. The van der Waals surface area contributed by atoms with E-state index in [2.05, 4.69) is 0 Å². The van der Waals surface area contributed by atoms with Gasteiger partial charge in [-0.05, 0) is 12.5 Å². The van der Waals surface area contributed by atoms with E-state index in [1.165, 1.54) is 0 Å². The van der Waals surface area contributed by atoms with Crippen LogP contribution in [0.1, 0.15) is 20.3 Å². The summed E-state index contributed by atoms with van der Waals surface area (Å²) in [6, 6.07) is 0. The van der Waals surface area contributed by atoms with Crippen LogP contribution in [0.25, 0.3) is 0 Å². The standard InChI is InChI=1S/C7H16O2S/c1-5-7(8)9-10(3,4)6-2/h5-6H2,1-4H3. The Balaban J connectivity index is 3.76. The first-order chi connectivity index (χ1) is 4.52. The SMILES string of the molecule is CCC(=O)OS(C)(C)CC. The average Bonchev–Trinajstić information content (AvgIpc) is 1.87. The molecule has 62 valence electrons. The van der Waals surface area contributed by atoms with Crippen LogP contribution in [0, 0.1) is 0 Å². The maximum Gasteiger partial charge on any atom is 0.315 e. The minimum atomic E-state index is -1.08. The van der Waals surface area contributed by atoms with E-state index in [4.69, 9.17) is 4.18 Å². The molecule has 0 unspecified atom stereocenters. The molecule has 0 saturated heterocycles. The molecule has 0 atom stereocenters. The van der Waals surface area contributed by atoms with Crippen LogP contribution in [0.15, 0.2) is 0 Å². The Kier molecular flexibility index (Phi) is 3.79. The second-order valence-corrected chi connectivity index (χ2v) is 6.15. The van der Waals surface area contributed by atoms with Crippen molar-refractivity contribution in [3.05, 3.63) is 0 Å². The molecule has 0 spiro atoms. The van der Waals surface area contributed by atoms with Crippen molar-refractivity contribution in [1.29, 1.82) is 0 Å². The van der Waals surface area contributed by atoms with Gasteiger partial charge in [0.25, 0.3) is 0 Å². The van der Waals surface area contributed by atoms with Gasteiger partial charge >= 0.3 is 5.97 Å². The first-order valence-corrected chi connectivity index (χ1v) is 5.99. The van der Waals surface area contributed by atoms with Crippen molar-refractivity contribution in [3.8, 4) is 0 Å². The highest BCUT2D eigenvalue weighted by Gasteiger charge is 2.12. The Morgan fingerprint density at radius 1 is 1.40 bits per heavy atom. The molecule has 0 radical (unpaired) electrons. The zero-order valence-electron chi connectivity index (χ0n) is 7.14. The van der Waals surface area contributed by atoms with Crippen molar-refractivity contribution in [2.24, 2.45) is 0 Å². The topological polar surface area (TPSA) is 26.3 Å². The van der Waals surface area contributed by atoms with Crippen LogP contribution in [0.5, 0.6) is 0 Å². The van der Waals surface area contributed by atoms with Gasteiger partial charge in [0.05, 0.1) is 0 Å². The molecule has 3 heteroatoms. The fourth-order valence-electron chi connectivity index (χ4n) is 0.369. The van der Waals surface area contributed by atoms with E-state index in [1.54, 1.807) is 0 Å². The summed E-state index contributed by atoms with van der Waals surface area (Å²) < 4.78 is 5.18. The molecule has 0 aliphatic rings. The Labute approximate surface area is 64.5 Å². The Bertz CT molecular complexity index is 121. The van der Waals surface area contributed by atoms with Crippen molar-refractivity contribution in [3.63, 3.8) is 0 Å². The third-order valence-electron chi connectivity index (χ3n) is 1.30. The first kappa shape index (κ1) is 9.82. The molecule has 0 rings (SSSR count). The number of carbonyl (C=O) groups is 1. The van der Waals surface area contributed by atoms with Gasteiger partial charge in [-0.25, -0.2) is 0 Å². The molecule has 2 nitrogen and oxygen atoms in total. The van der Waals surface area contributed by atoms with Gasteiger partial charge in [0, 0.05) is 12.2 Å². The van der Waals surface area contributed by atoms with E-state index >= 15 is 0 Å². The van der Waals surface area contributed by atoms with E-state index in [9.17, 15) is 4.79 Å². The summed E-state index contributed by atoms with van der Waals surface area (Å²) in [6.45, 7) is 3.85. The van der Waals surface area contributed by atoms with Gasteiger partial charge in [-0.3, -0.25) is 4.79 Å². The fraction of sp³-hybridized carbons (Fsp3) is 0.857. The van der Waals surface area contributed by atoms with E-state index < -0.39 is 10.3 Å². The summed E-state index contributed by atoms with van der Waals surface area (Å²) in [5, 5.41) is 0. The van der Waals surface area contributed by atoms with Crippen molar-refractivity contribution >= 4 is 16.3 Å². The molecule has 0 amide bonds. The Morgan fingerprint density at radius 2 is 1.90 bits per heavy atom. The normalized spacial score (nSPS) is 12.8. The van der Waals surface area contributed by atoms with Gasteiger partial charge < -0.3 is 4.18 Å². The van der Waals surface area contributed by atoms with E-state index in [-0.39, 0.29) is 5.97 Å². The highest BCUT2D eigenvalue weighted by atomic mass is 32.3. The minimum Gasteiger partial charge on any atom is -0.416 e. The summed E-state index contributed by atoms with van der Waals surface area (Å²) >= 11 is 0. The zero-order chi connectivity index (χ0) is 8.20. The highest BCUT2D eigenvalue weighted by molar-refractivity contribution is 8.29. The predicted octanol–water partition coefficient (Wildman–Crippen LogP) is 1.94. The third kappa shape index (κ3) is 3.77. The van der Waals surface area contributed by atoms with Crippen molar-refractivity contribution < 1.29 is 8.98 Å². The lowest BCUT2D eigenvalue weighted by Gasteiger charge is -2.28. The number of carbonyl (C=O) groups excluding carboxylic acids is 1. The lowest BCUT2D eigenvalue weighted by molar-refractivity contribution is -0.133. The van der Waals surface area contributed by atoms with E-state index in [0.717, 1.165) is 5.75 Å². The van der Waals surface area contributed by atoms with Gasteiger partial charge in [-0.15, -0.1) is 0 Å². The van der Waals surface area contributed by atoms with Crippen LogP contribution in [-0.2, 0) is 8.98 Å². The molecular weight excluding hydrogens is 148 g/mol. The fourth-order valence-corrected chi connectivity index (χ4v) is 1.11. The van der Waals surface area contributed by atoms with Gasteiger partial charge in [-0.2, -0.15) is 0 Å². The summed E-state index contributed by atoms with van der Waals surface area (Å²) in [7, 11) is -1.08. The lowest BCUT2D eigenvalue weighted by atomic mass is 10.5. The van der Waals surface area contributed by atoms with Crippen LogP contribution in [-0.4, -0.2) is 24.2 Å². The quantitative estimate of drug-likeness (QED) is 0.637. The van der Waals surface area contributed by atoms with Crippen LogP contribution in [0.3, 0.4) is 0 Å². The molecule has 0 aromatic heterocycles. The summed E-state index contributed by atoms with van der Waals surface area (Å²) in [5.74, 6) is 0.862. The van der Waals surface area contributed by atoms with E-state index in [0.29, 0.717) is 6.42 Å². The van der Waals surface area contributed by atoms with Crippen LogP contribution < -0.4 is 0 Å². The molecule has 0 aromatic rings. The highest BCUT2D eigenvalue weighted by Crippen LogP contribution is 2.40. The van der Waals surface area contributed by atoms with Crippen LogP contribution in [0.4, 0.5) is 0 Å². The van der Waals surface area contributed by atoms with Gasteiger partial charge in [0.1, 0.15) is 0 Å². The molecule has 0 fully saturated rings. The molecular formula is C7H16O2S. The second-order valence-electron chi connectivity index (χ2n) is 2.53. The maximum absolute atomic E-state index is 10.8. The van der Waals surface area contributed by atoms with Crippen molar-refractivity contribution in [1.82, 2.24) is 0 Å². The number of hydrogen-bond donors (Lipinski definition) is 0. The largest absolute Gasteiger partial charge is 0.416 e. The Morgan fingerprint density at radius 3 is 2.20 bits per heavy atom. The van der Waals surface area contributed by atoms with Crippen molar-refractivity contribution in [2.45, 2.75) is 20.3 Å². The monoisotopic (exact) mass is 164 g/mol. The van der Waals surface area contributed by atoms with Crippen molar-refractivity contribution in [2.75, 3.05) is 18.3 Å². The summed E-state index contributed by atoms with van der Waals surface area (Å²) in [5.41, 5.74) is 0. The smallest absolute Gasteiger partial charge is 0.315 e. The molecule has 0 aliphatic carbocycles. The molecule has 0 N–H and O–H groups in total. The number of rotatable bonds is 3. The molecule has 0 aliphatic heterocycles. The summed E-state index contributed by atoms with van der Waals surface area (Å²) in [6.07, 6.45) is 4.48. The Hall–Kier alpha value is -0.180.